The second-order valence-corrected chi connectivity index (χ2v) is 8.69. The highest BCUT2D eigenvalue weighted by Gasteiger charge is 2.32. The number of aromatic nitrogens is 1. The van der Waals surface area contributed by atoms with Crippen molar-refractivity contribution in [3.63, 3.8) is 0 Å². The van der Waals surface area contributed by atoms with Gasteiger partial charge in [-0.3, -0.25) is 9.36 Å². The summed E-state index contributed by atoms with van der Waals surface area (Å²) >= 11 is 0. The predicted molar refractivity (Wildman–Crippen MR) is 137 cm³/mol. The fourth-order valence-corrected chi connectivity index (χ4v) is 4.21. The van der Waals surface area contributed by atoms with Crippen LogP contribution in [-0.2, 0) is 11.0 Å². The van der Waals surface area contributed by atoms with Crippen molar-refractivity contribution < 1.29 is 27.9 Å². The summed E-state index contributed by atoms with van der Waals surface area (Å²) in [4.78, 5) is 23.2. The molecule has 0 atom stereocenters. The molecule has 0 aliphatic rings. The summed E-state index contributed by atoms with van der Waals surface area (Å²) in [7, 11) is 0. The smallest absolute Gasteiger partial charge is 0.416 e. The van der Waals surface area contributed by atoms with Gasteiger partial charge in [0.15, 0.2) is 0 Å². The van der Waals surface area contributed by atoms with Crippen LogP contribution >= 0.6 is 0 Å². The van der Waals surface area contributed by atoms with Gasteiger partial charge in [-0.15, -0.1) is 0 Å². The minimum atomic E-state index is -4.61. The van der Waals surface area contributed by atoms with E-state index >= 15 is 0 Å². The normalized spacial score (nSPS) is 12.0. The summed E-state index contributed by atoms with van der Waals surface area (Å²) in [5, 5.41) is 18.1. The number of nitrogens with two attached hydrogens (primary N) is 1. The standard InChI is InChI=1S/C27H24F3N5O3/c1-15-10-16(2)12-19(11-15)35-21-13-18(27(28,29)30)8-9-20(21)23(25(35)37)24(17-6-4-3-5-7-17)34-33-22(36)14-32-26(31)38/h3-13,37H,14H2,1-2H3,(H,33,36)(H3,31,32,38)/b34-24-. The number of alkyl halides is 3. The van der Waals surface area contributed by atoms with Crippen LogP contribution in [0.15, 0.2) is 71.8 Å². The maximum Gasteiger partial charge on any atom is 0.416 e. The lowest BCUT2D eigenvalue weighted by Crippen LogP contribution is -2.38. The molecule has 4 aromatic rings. The first-order valence-corrected chi connectivity index (χ1v) is 11.4. The molecule has 0 aliphatic heterocycles. The van der Waals surface area contributed by atoms with Crippen LogP contribution in [-0.4, -0.2) is 33.9 Å². The predicted octanol–water partition coefficient (Wildman–Crippen LogP) is 4.51. The van der Waals surface area contributed by atoms with Gasteiger partial charge >= 0.3 is 12.2 Å². The maximum absolute atomic E-state index is 13.7. The van der Waals surface area contributed by atoms with E-state index in [4.69, 9.17) is 5.73 Å². The molecule has 0 saturated heterocycles. The number of carbonyl (C=O) groups is 2. The maximum atomic E-state index is 13.7. The summed E-state index contributed by atoms with van der Waals surface area (Å²) in [5.41, 5.74) is 9.37. The van der Waals surface area contributed by atoms with Crippen LogP contribution in [0, 0.1) is 13.8 Å². The zero-order chi connectivity index (χ0) is 27.6. The van der Waals surface area contributed by atoms with Gasteiger partial charge in [-0.25, -0.2) is 10.2 Å². The van der Waals surface area contributed by atoms with Gasteiger partial charge in [-0.2, -0.15) is 18.3 Å². The van der Waals surface area contributed by atoms with Gasteiger partial charge in [0.05, 0.1) is 16.6 Å². The molecule has 0 aliphatic carbocycles. The van der Waals surface area contributed by atoms with Crippen LogP contribution in [0.2, 0.25) is 0 Å². The molecule has 0 bridgehead atoms. The van der Waals surface area contributed by atoms with Crippen molar-refractivity contribution in [2.45, 2.75) is 20.0 Å². The fraction of sp³-hybridized carbons (Fsp3) is 0.148. The number of hydrazone groups is 1. The number of nitrogens with zero attached hydrogens (tertiary/aromatic N) is 2. The summed E-state index contributed by atoms with van der Waals surface area (Å²) < 4.78 is 42.3. The molecule has 3 aromatic carbocycles. The van der Waals surface area contributed by atoms with E-state index in [1.807, 2.05) is 19.9 Å². The van der Waals surface area contributed by atoms with Crippen LogP contribution in [0.1, 0.15) is 27.8 Å². The molecular weight excluding hydrogens is 499 g/mol. The zero-order valence-corrected chi connectivity index (χ0v) is 20.4. The number of amides is 3. The number of hydrogen-bond acceptors (Lipinski definition) is 4. The van der Waals surface area contributed by atoms with E-state index in [1.165, 1.54) is 10.6 Å². The number of rotatable bonds is 6. The van der Waals surface area contributed by atoms with Gasteiger partial charge in [0.25, 0.3) is 5.91 Å². The zero-order valence-electron chi connectivity index (χ0n) is 20.4. The van der Waals surface area contributed by atoms with E-state index in [-0.39, 0.29) is 28.1 Å². The van der Waals surface area contributed by atoms with Crippen LogP contribution in [0.5, 0.6) is 5.88 Å². The second-order valence-electron chi connectivity index (χ2n) is 8.69. The molecule has 38 heavy (non-hydrogen) atoms. The van der Waals surface area contributed by atoms with Crippen molar-refractivity contribution >= 4 is 28.6 Å². The highest BCUT2D eigenvalue weighted by Crippen LogP contribution is 2.39. The van der Waals surface area contributed by atoms with Gasteiger partial charge in [0.1, 0.15) is 12.3 Å². The van der Waals surface area contributed by atoms with Gasteiger partial charge in [-0.1, -0.05) is 42.5 Å². The van der Waals surface area contributed by atoms with Crippen LogP contribution in [0.25, 0.3) is 16.6 Å². The van der Waals surface area contributed by atoms with E-state index in [2.05, 4.69) is 15.8 Å². The molecule has 196 valence electrons. The van der Waals surface area contributed by atoms with Gasteiger partial charge in [0.2, 0.25) is 5.88 Å². The first-order chi connectivity index (χ1) is 18.0. The number of fused-ring (bicyclic) bond motifs is 1. The molecule has 0 spiro atoms. The summed E-state index contributed by atoms with van der Waals surface area (Å²) in [5.74, 6) is -1.06. The van der Waals surface area contributed by atoms with E-state index in [9.17, 15) is 27.9 Å². The molecule has 0 saturated carbocycles. The Kier molecular flexibility index (Phi) is 7.11. The molecular formula is C27H24F3N5O3. The molecule has 0 fully saturated rings. The van der Waals surface area contributed by atoms with Gasteiger partial charge in [-0.05, 0) is 49.2 Å². The molecule has 0 radical (unpaired) electrons. The van der Waals surface area contributed by atoms with E-state index in [0.29, 0.717) is 11.3 Å². The quantitative estimate of drug-likeness (QED) is 0.220. The Bertz CT molecular complexity index is 1540. The minimum Gasteiger partial charge on any atom is -0.494 e. The number of aromatic hydroxyl groups is 1. The number of primary amides is 1. The highest BCUT2D eigenvalue weighted by molar-refractivity contribution is 6.21. The van der Waals surface area contributed by atoms with Crippen molar-refractivity contribution in [1.29, 1.82) is 0 Å². The lowest BCUT2D eigenvalue weighted by atomic mass is 10.0. The Morgan fingerprint density at radius 3 is 2.26 bits per heavy atom. The first kappa shape index (κ1) is 26.3. The van der Waals surface area contributed by atoms with Crippen molar-refractivity contribution in [3.05, 3.63) is 94.5 Å². The average molecular weight is 524 g/mol. The summed E-state index contributed by atoms with van der Waals surface area (Å²) in [6.07, 6.45) is -4.61. The number of halogens is 3. The molecule has 5 N–H and O–H groups in total. The fourth-order valence-electron chi connectivity index (χ4n) is 4.21. The number of hydrogen-bond donors (Lipinski definition) is 4. The third-order valence-corrected chi connectivity index (χ3v) is 5.73. The lowest BCUT2D eigenvalue weighted by molar-refractivity contribution is -0.137. The number of carbonyl (C=O) groups excluding carboxylic acids is 2. The van der Waals surface area contributed by atoms with Crippen molar-refractivity contribution in [3.8, 4) is 11.6 Å². The SMILES string of the molecule is Cc1cc(C)cc(-n2c(O)c(/C(=N\NC(=O)CNC(N)=O)c3ccccc3)c3ccc(C(F)(F)F)cc32)c1. The van der Waals surface area contributed by atoms with E-state index in [0.717, 1.165) is 23.3 Å². The Labute approximate surface area is 215 Å². The van der Waals surface area contributed by atoms with Crippen LogP contribution in [0.4, 0.5) is 18.0 Å². The van der Waals surface area contributed by atoms with Gasteiger partial charge in [0, 0.05) is 16.6 Å². The van der Waals surface area contributed by atoms with Gasteiger partial charge < -0.3 is 16.2 Å². The number of aryl methyl sites for hydroxylation is 2. The van der Waals surface area contributed by atoms with E-state index in [1.54, 1.807) is 42.5 Å². The molecule has 11 heteroatoms. The minimum absolute atomic E-state index is 0.0997. The Morgan fingerprint density at radius 1 is 1.00 bits per heavy atom. The third kappa shape index (κ3) is 5.46. The summed E-state index contributed by atoms with van der Waals surface area (Å²) in [6.45, 7) is 3.23. The van der Waals surface area contributed by atoms with Crippen molar-refractivity contribution in [2.24, 2.45) is 10.8 Å². The molecule has 1 aromatic heterocycles. The summed E-state index contributed by atoms with van der Waals surface area (Å²) in [6, 6.07) is 16.2. The first-order valence-electron chi connectivity index (χ1n) is 11.4. The highest BCUT2D eigenvalue weighted by atomic mass is 19.4. The Balaban J connectivity index is 1.99. The lowest BCUT2D eigenvalue weighted by Gasteiger charge is -2.12. The molecule has 3 amide bonds. The molecule has 1 heterocycles. The second kappa shape index (κ2) is 10.3. The monoisotopic (exact) mass is 523 g/mol. The van der Waals surface area contributed by atoms with Crippen LogP contribution in [0.3, 0.4) is 0 Å². The molecule has 4 rings (SSSR count). The largest absolute Gasteiger partial charge is 0.494 e. The Morgan fingerprint density at radius 2 is 1.66 bits per heavy atom. The van der Waals surface area contributed by atoms with Crippen molar-refractivity contribution in [1.82, 2.24) is 15.3 Å². The number of urea groups is 1. The average Bonchev–Trinajstić information content (AvgIpc) is 3.13. The topological polar surface area (TPSA) is 122 Å². The number of benzene rings is 3. The van der Waals surface area contributed by atoms with Crippen LogP contribution < -0.4 is 16.5 Å². The Hall–Kier alpha value is -4.80. The molecule has 8 nitrogen and oxygen atoms in total. The third-order valence-electron chi connectivity index (χ3n) is 5.73. The van der Waals surface area contributed by atoms with Crippen molar-refractivity contribution in [2.75, 3.05) is 6.54 Å². The number of nitrogens with one attached hydrogen (secondary N) is 2. The molecule has 0 unspecified atom stereocenters. The van der Waals surface area contributed by atoms with E-state index < -0.39 is 30.2 Å².